The molecular formula is C13H12BrN3O2. The highest BCUT2D eigenvalue weighted by atomic mass is 79.9. The molecule has 0 spiro atoms. The van der Waals surface area contributed by atoms with Crippen molar-refractivity contribution in [2.24, 2.45) is 0 Å². The molecule has 0 atom stereocenters. The van der Waals surface area contributed by atoms with Gasteiger partial charge in [0.25, 0.3) is 0 Å². The number of hydrogen-bond donors (Lipinski definition) is 1. The van der Waals surface area contributed by atoms with Gasteiger partial charge in [-0.25, -0.2) is 4.98 Å². The molecule has 0 bridgehead atoms. The van der Waals surface area contributed by atoms with Crippen LogP contribution in [0.5, 0.6) is 0 Å². The summed E-state index contributed by atoms with van der Waals surface area (Å²) in [5.41, 5.74) is 2.17. The molecule has 0 aliphatic heterocycles. The van der Waals surface area contributed by atoms with Crippen LogP contribution in [0.4, 0.5) is 11.5 Å². The molecule has 6 heteroatoms. The molecule has 2 rings (SSSR count). The monoisotopic (exact) mass is 321 g/mol. The fourth-order valence-electron chi connectivity index (χ4n) is 1.69. The number of pyridine rings is 1. The van der Waals surface area contributed by atoms with Crippen LogP contribution in [0.2, 0.25) is 0 Å². The Bertz CT molecular complexity index is 617. The Morgan fingerprint density at radius 2 is 2.21 bits per heavy atom. The SMILES string of the molecule is Cc1ccc(Br)cc1CNc1ncccc1[N+](=O)[O-]. The summed E-state index contributed by atoms with van der Waals surface area (Å²) >= 11 is 3.41. The Morgan fingerprint density at radius 1 is 1.42 bits per heavy atom. The number of nitro groups is 1. The van der Waals surface area contributed by atoms with Crippen molar-refractivity contribution in [3.8, 4) is 0 Å². The van der Waals surface area contributed by atoms with Crippen molar-refractivity contribution in [1.29, 1.82) is 0 Å². The first-order valence-electron chi connectivity index (χ1n) is 5.66. The summed E-state index contributed by atoms with van der Waals surface area (Å²) in [6.45, 7) is 2.49. The third kappa shape index (κ3) is 3.29. The number of halogens is 1. The molecule has 1 N–H and O–H groups in total. The number of hydrogen-bond acceptors (Lipinski definition) is 4. The van der Waals surface area contributed by atoms with E-state index < -0.39 is 4.92 Å². The molecule has 0 aliphatic carbocycles. The van der Waals surface area contributed by atoms with Gasteiger partial charge in [0.1, 0.15) is 0 Å². The van der Waals surface area contributed by atoms with Crippen LogP contribution in [-0.2, 0) is 6.54 Å². The molecule has 0 aliphatic rings. The van der Waals surface area contributed by atoms with E-state index in [4.69, 9.17) is 0 Å². The van der Waals surface area contributed by atoms with Crippen molar-refractivity contribution in [3.05, 3.63) is 62.2 Å². The fourth-order valence-corrected chi connectivity index (χ4v) is 2.10. The van der Waals surface area contributed by atoms with Crippen molar-refractivity contribution in [3.63, 3.8) is 0 Å². The normalized spacial score (nSPS) is 10.2. The number of nitrogens with one attached hydrogen (secondary N) is 1. The largest absolute Gasteiger partial charge is 0.360 e. The molecule has 1 heterocycles. The average molecular weight is 322 g/mol. The van der Waals surface area contributed by atoms with Gasteiger partial charge in [-0.3, -0.25) is 10.1 Å². The molecule has 1 aromatic carbocycles. The van der Waals surface area contributed by atoms with E-state index in [0.29, 0.717) is 6.54 Å². The third-order valence-corrected chi connectivity index (χ3v) is 3.23. The molecule has 0 saturated carbocycles. The summed E-state index contributed by atoms with van der Waals surface area (Å²) in [5, 5.41) is 13.9. The van der Waals surface area contributed by atoms with Crippen molar-refractivity contribution in [1.82, 2.24) is 4.98 Å². The zero-order chi connectivity index (χ0) is 13.8. The highest BCUT2D eigenvalue weighted by molar-refractivity contribution is 9.10. The predicted molar refractivity (Wildman–Crippen MR) is 77.1 cm³/mol. The van der Waals surface area contributed by atoms with Gasteiger partial charge in [-0.1, -0.05) is 22.0 Å². The molecular weight excluding hydrogens is 310 g/mol. The van der Waals surface area contributed by atoms with E-state index in [-0.39, 0.29) is 11.5 Å². The Morgan fingerprint density at radius 3 is 2.95 bits per heavy atom. The lowest BCUT2D eigenvalue weighted by atomic mass is 10.1. The van der Waals surface area contributed by atoms with Gasteiger partial charge in [0.15, 0.2) is 0 Å². The molecule has 2 aromatic rings. The molecule has 5 nitrogen and oxygen atoms in total. The van der Waals surface area contributed by atoms with Crippen LogP contribution in [0.15, 0.2) is 41.0 Å². The standard InChI is InChI=1S/C13H12BrN3O2/c1-9-4-5-11(14)7-10(9)8-16-13-12(17(18)19)3-2-6-15-13/h2-7H,8H2,1H3,(H,15,16). The third-order valence-electron chi connectivity index (χ3n) is 2.74. The van der Waals surface area contributed by atoms with E-state index in [1.54, 1.807) is 6.07 Å². The van der Waals surface area contributed by atoms with E-state index >= 15 is 0 Å². The zero-order valence-electron chi connectivity index (χ0n) is 10.3. The number of aromatic nitrogens is 1. The molecule has 0 saturated heterocycles. The number of aryl methyl sites for hydroxylation is 1. The topological polar surface area (TPSA) is 68.1 Å². The maximum absolute atomic E-state index is 10.9. The molecule has 0 unspecified atom stereocenters. The molecule has 0 amide bonds. The van der Waals surface area contributed by atoms with Crippen LogP contribution in [0.3, 0.4) is 0 Å². The van der Waals surface area contributed by atoms with E-state index in [0.717, 1.165) is 15.6 Å². The Hall–Kier alpha value is -1.95. The minimum atomic E-state index is -0.441. The van der Waals surface area contributed by atoms with Crippen molar-refractivity contribution < 1.29 is 4.92 Å². The van der Waals surface area contributed by atoms with Gasteiger partial charge in [0, 0.05) is 23.3 Å². The summed E-state index contributed by atoms with van der Waals surface area (Å²) in [4.78, 5) is 14.4. The van der Waals surface area contributed by atoms with Gasteiger partial charge in [0.2, 0.25) is 5.82 Å². The molecule has 0 radical (unpaired) electrons. The van der Waals surface area contributed by atoms with E-state index in [1.165, 1.54) is 12.3 Å². The molecule has 19 heavy (non-hydrogen) atoms. The second kappa shape index (κ2) is 5.79. The van der Waals surface area contributed by atoms with Crippen LogP contribution in [0.25, 0.3) is 0 Å². The summed E-state index contributed by atoms with van der Waals surface area (Å²) in [6.07, 6.45) is 1.53. The highest BCUT2D eigenvalue weighted by Crippen LogP contribution is 2.22. The summed E-state index contributed by atoms with van der Waals surface area (Å²) < 4.78 is 0.977. The smallest absolute Gasteiger partial charge is 0.311 e. The van der Waals surface area contributed by atoms with Crippen molar-refractivity contribution >= 4 is 27.4 Å². The minimum absolute atomic E-state index is 0.0184. The summed E-state index contributed by atoms with van der Waals surface area (Å²) in [5.74, 6) is 0.284. The minimum Gasteiger partial charge on any atom is -0.360 e. The first-order valence-corrected chi connectivity index (χ1v) is 6.45. The fraction of sp³-hybridized carbons (Fsp3) is 0.154. The van der Waals surface area contributed by atoms with Gasteiger partial charge < -0.3 is 5.32 Å². The number of benzene rings is 1. The van der Waals surface area contributed by atoms with E-state index in [9.17, 15) is 10.1 Å². The maximum atomic E-state index is 10.9. The van der Waals surface area contributed by atoms with Gasteiger partial charge in [-0.05, 0) is 36.2 Å². The van der Waals surface area contributed by atoms with Crippen LogP contribution >= 0.6 is 15.9 Å². The van der Waals surface area contributed by atoms with Crippen LogP contribution in [-0.4, -0.2) is 9.91 Å². The summed E-state index contributed by atoms with van der Waals surface area (Å²) in [7, 11) is 0. The molecule has 1 aromatic heterocycles. The van der Waals surface area contributed by atoms with Gasteiger partial charge in [-0.2, -0.15) is 0 Å². The van der Waals surface area contributed by atoms with Gasteiger partial charge in [-0.15, -0.1) is 0 Å². The van der Waals surface area contributed by atoms with E-state index in [1.807, 2.05) is 25.1 Å². The molecule has 0 fully saturated rings. The van der Waals surface area contributed by atoms with Crippen molar-refractivity contribution in [2.75, 3.05) is 5.32 Å². The number of nitrogens with zero attached hydrogens (tertiary/aromatic N) is 2. The van der Waals surface area contributed by atoms with E-state index in [2.05, 4.69) is 26.2 Å². The lowest BCUT2D eigenvalue weighted by Gasteiger charge is -2.09. The summed E-state index contributed by atoms with van der Waals surface area (Å²) in [6, 6.07) is 8.92. The Balaban J connectivity index is 2.19. The lowest BCUT2D eigenvalue weighted by molar-refractivity contribution is -0.384. The Labute approximate surface area is 119 Å². The number of anilines is 1. The average Bonchev–Trinajstić information content (AvgIpc) is 2.40. The van der Waals surface area contributed by atoms with Crippen LogP contribution < -0.4 is 5.32 Å². The Kier molecular flexibility index (Phi) is 4.11. The predicted octanol–water partition coefficient (Wildman–Crippen LogP) is 3.67. The maximum Gasteiger partial charge on any atom is 0.311 e. The van der Waals surface area contributed by atoms with Gasteiger partial charge >= 0.3 is 5.69 Å². The highest BCUT2D eigenvalue weighted by Gasteiger charge is 2.13. The van der Waals surface area contributed by atoms with Gasteiger partial charge in [0.05, 0.1) is 4.92 Å². The van der Waals surface area contributed by atoms with Crippen molar-refractivity contribution in [2.45, 2.75) is 13.5 Å². The first kappa shape index (κ1) is 13.5. The zero-order valence-corrected chi connectivity index (χ0v) is 11.8. The number of rotatable bonds is 4. The van der Waals surface area contributed by atoms with Crippen LogP contribution in [0, 0.1) is 17.0 Å². The van der Waals surface area contributed by atoms with Crippen LogP contribution in [0.1, 0.15) is 11.1 Å². The molecule has 98 valence electrons. The second-order valence-electron chi connectivity index (χ2n) is 4.05. The lowest BCUT2D eigenvalue weighted by Crippen LogP contribution is -2.05. The second-order valence-corrected chi connectivity index (χ2v) is 4.97. The first-order chi connectivity index (χ1) is 9.08. The quantitative estimate of drug-likeness (QED) is 0.689.